The molecular weight excluding hydrogens is 288 g/mol. The average molecular weight is 313 g/mol. The Morgan fingerprint density at radius 3 is 2.71 bits per heavy atom. The van der Waals surface area contributed by atoms with Crippen molar-refractivity contribution in [2.24, 2.45) is 0 Å². The Labute approximate surface area is 133 Å². The largest absolute Gasteiger partial charge is 0.492 e. The zero-order valence-corrected chi connectivity index (χ0v) is 13.6. The summed E-state index contributed by atoms with van der Waals surface area (Å²) >= 11 is 0. The molecular formula is C16H25ClN2O2. The van der Waals surface area contributed by atoms with Gasteiger partial charge in [0.2, 0.25) is 5.91 Å². The number of nitrogens with zero attached hydrogens (tertiary/aromatic N) is 1. The van der Waals surface area contributed by atoms with E-state index >= 15 is 0 Å². The van der Waals surface area contributed by atoms with E-state index in [9.17, 15) is 4.79 Å². The van der Waals surface area contributed by atoms with E-state index in [4.69, 9.17) is 4.74 Å². The summed E-state index contributed by atoms with van der Waals surface area (Å²) in [5.41, 5.74) is 1.22. The van der Waals surface area contributed by atoms with Crippen LogP contribution in [-0.2, 0) is 4.79 Å². The van der Waals surface area contributed by atoms with E-state index in [2.05, 4.69) is 5.32 Å². The molecule has 1 N–H and O–H groups in total. The van der Waals surface area contributed by atoms with Crippen molar-refractivity contribution in [1.82, 2.24) is 10.2 Å². The summed E-state index contributed by atoms with van der Waals surface area (Å²) in [7, 11) is 1.84. The van der Waals surface area contributed by atoms with Gasteiger partial charge in [-0.25, -0.2) is 0 Å². The van der Waals surface area contributed by atoms with E-state index in [0.29, 0.717) is 25.6 Å². The van der Waals surface area contributed by atoms with Gasteiger partial charge in [-0.05, 0) is 38.4 Å². The maximum Gasteiger partial charge on any atom is 0.223 e. The molecule has 1 atom stereocenters. The van der Waals surface area contributed by atoms with Gasteiger partial charge in [-0.1, -0.05) is 17.7 Å². The van der Waals surface area contributed by atoms with E-state index in [-0.39, 0.29) is 18.3 Å². The molecule has 118 valence electrons. The zero-order valence-electron chi connectivity index (χ0n) is 12.8. The van der Waals surface area contributed by atoms with Crippen LogP contribution in [0.5, 0.6) is 5.75 Å². The number of amides is 1. The van der Waals surface area contributed by atoms with Crippen molar-refractivity contribution in [2.75, 3.05) is 26.7 Å². The number of hydrogen-bond acceptors (Lipinski definition) is 3. The highest BCUT2D eigenvalue weighted by Crippen LogP contribution is 2.12. The van der Waals surface area contributed by atoms with Crippen LogP contribution < -0.4 is 10.1 Å². The number of hydrogen-bond donors (Lipinski definition) is 1. The summed E-state index contributed by atoms with van der Waals surface area (Å²) in [6.07, 6.45) is 2.89. The first kappa shape index (κ1) is 17.8. The molecule has 1 aromatic carbocycles. The second-order valence-electron chi connectivity index (χ2n) is 5.47. The summed E-state index contributed by atoms with van der Waals surface area (Å²) in [5.74, 6) is 1.05. The molecule has 0 aromatic heterocycles. The maximum absolute atomic E-state index is 12.0. The predicted octanol–water partition coefficient (Wildman–Crippen LogP) is 2.40. The fraction of sp³-hybridized carbons (Fsp3) is 0.562. The first-order chi connectivity index (χ1) is 9.65. The molecule has 0 saturated carbocycles. The maximum atomic E-state index is 12.0. The lowest BCUT2D eigenvalue weighted by Gasteiger charge is -2.19. The molecule has 0 bridgehead atoms. The quantitative estimate of drug-likeness (QED) is 0.877. The number of aryl methyl sites for hydroxylation is 1. The van der Waals surface area contributed by atoms with E-state index in [1.807, 2.05) is 38.2 Å². The Bertz CT molecular complexity index is 430. The van der Waals surface area contributed by atoms with Gasteiger partial charge in [0, 0.05) is 19.5 Å². The number of benzene rings is 1. The summed E-state index contributed by atoms with van der Waals surface area (Å²) in [6, 6.07) is 8.33. The molecule has 1 fully saturated rings. The third kappa shape index (κ3) is 5.94. The molecule has 21 heavy (non-hydrogen) atoms. The highest BCUT2D eigenvalue weighted by atomic mass is 35.5. The van der Waals surface area contributed by atoms with Crippen molar-refractivity contribution in [1.29, 1.82) is 0 Å². The number of rotatable bonds is 6. The molecule has 1 aliphatic rings. The van der Waals surface area contributed by atoms with Gasteiger partial charge >= 0.3 is 0 Å². The number of carbonyl (C=O) groups is 1. The van der Waals surface area contributed by atoms with Crippen LogP contribution in [0, 0.1) is 6.92 Å². The fourth-order valence-electron chi connectivity index (χ4n) is 2.36. The number of halogens is 1. The van der Waals surface area contributed by atoms with Crippen LogP contribution in [0.1, 0.15) is 24.8 Å². The molecule has 1 saturated heterocycles. The molecule has 1 unspecified atom stereocenters. The lowest BCUT2D eigenvalue weighted by atomic mass is 10.1. The Kier molecular flexibility index (Phi) is 7.54. The number of likely N-dealkylation sites (N-methyl/N-ethyl adjacent to an activating group) is 1. The molecule has 1 aromatic rings. The molecule has 0 spiro atoms. The lowest BCUT2D eigenvalue weighted by Crippen LogP contribution is -2.35. The number of carbonyl (C=O) groups excluding carboxylic acids is 1. The topological polar surface area (TPSA) is 41.6 Å². The molecule has 1 aliphatic heterocycles. The van der Waals surface area contributed by atoms with Crippen LogP contribution in [0.2, 0.25) is 0 Å². The van der Waals surface area contributed by atoms with Crippen molar-refractivity contribution < 1.29 is 9.53 Å². The summed E-state index contributed by atoms with van der Waals surface area (Å²) in [6.45, 7) is 4.24. The lowest BCUT2D eigenvalue weighted by molar-refractivity contribution is -0.130. The highest BCUT2D eigenvalue weighted by molar-refractivity contribution is 5.85. The smallest absolute Gasteiger partial charge is 0.223 e. The standard InChI is InChI=1S/C16H24N2O2.ClH/c1-13-5-7-15(8-6-13)20-11-10-18(2)16(19)12-14-4-3-9-17-14;/h5-8,14,17H,3-4,9-12H2,1-2H3;1H. The van der Waals surface area contributed by atoms with Gasteiger partial charge in [0.05, 0.1) is 6.54 Å². The van der Waals surface area contributed by atoms with Crippen LogP contribution in [0.3, 0.4) is 0 Å². The van der Waals surface area contributed by atoms with Gasteiger partial charge in [0.1, 0.15) is 12.4 Å². The summed E-state index contributed by atoms with van der Waals surface area (Å²) in [4.78, 5) is 13.8. The van der Waals surface area contributed by atoms with Crippen molar-refractivity contribution in [2.45, 2.75) is 32.2 Å². The van der Waals surface area contributed by atoms with Crippen molar-refractivity contribution in [3.8, 4) is 5.75 Å². The van der Waals surface area contributed by atoms with Crippen LogP contribution in [0.4, 0.5) is 0 Å². The Hall–Kier alpha value is -1.26. The number of ether oxygens (including phenoxy) is 1. The third-order valence-electron chi connectivity index (χ3n) is 3.73. The molecule has 0 aliphatic carbocycles. The van der Waals surface area contributed by atoms with Crippen molar-refractivity contribution >= 4 is 18.3 Å². The molecule has 1 amide bonds. The van der Waals surface area contributed by atoms with Gasteiger partial charge in [-0.3, -0.25) is 4.79 Å². The van der Waals surface area contributed by atoms with E-state index in [0.717, 1.165) is 18.7 Å². The average Bonchev–Trinajstić information content (AvgIpc) is 2.93. The van der Waals surface area contributed by atoms with Crippen molar-refractivity contribution in [3.05, 3.63) is 29.8 Å². The van der Waals surface area contributed by atoms with E-state index in [1.54, 1.807) is 4.90 Å². The number of nitrogens with one attached hydrogen (secondary N) is 1. The van der Waals surface area contributed by atoms with Gasteiger partial charge in [0.25, 0.3) is 0 Å². The van der Waals surface area contributed by atoms with Gasteiger partial charge in [0.15, 0.2) is 0 Å². The van der Waals surface area contributed by atoms with Crippen LogP contribution in [0.25, 0.3) is 0 Å². The minimum absolute atomic E-state index is 0. The van der Waals surface area contributed by atoms with Crippen molar-refractivity contribution in [3.63, 3.8) is 0 Å². The first-order valence-corrected chi connectivity index (χ1v) is 7.32. The molecule has 5 heteroatoms. The third-order valence-corrected chi connectivity index (χ3v) is 3.73. The Morgan fingerprint density at radius 2 is 2.10 bits per heavy atom. The Morgan fingerprint density at radius 1 is 1.38 bits per heavy atom. The van der Waals surface area contributed by atoms with Crippen LogP contribution >= 0.6 is 12.4 Å². The second kappa shape index (κ2) is 8.90. The first-order valence-electron chi connectivity index (χ1n) is 7.32. The molecule has 1 heterocycles. The monoisotopic (exact) mass is 312 g/mol. The highest BCUT2D eigenvalue weighted by Gasteiger charge is 2.19. The second-order valence-corrected chi connectivity index (χ2v) is 5.47. The summed E-state index contributed by atoms with van der Waals surface area (Å²) < 4.78 is 5.64. The van der Waals surface area contributed by atoms with Gasteiger partial charge in [-0.2, -0.15) is 0 Å². The minimum atomic E-state index is 0. The fourth-order valence-corrected chi connectivity index (χ4v) is 2.36. The van der Waals surface area contributed by atoms with E-state index in [1.165, 1.54) is 12.0 Å². The molecule has 4 nitrogen and oxygen atoms in total. The van der Waals surface area contributed by atoms with Gasteiger partial charge in [-0.15, -0.1) is 12.4 Å². The molecule has 0 radical (unpaired) electrons. The Balaban J connectivity index is 0.00000220. The van der Waals surface area contributed by atoms with E-state index < -0.39 is 0 Å². The predicted molar refractivity (Wildman–Crippen MR) is 87.2 cm³/mol. The normalized spacial score (nSPS) is 17.1. The van der Waals surface area contributed by atoms with Crippen LogP contribution in [-0.4, -0.2) is 43.6 Å². The van der Waals surface area contributed by atoms with Gasteiger partial charge < -0.3 is 15.0 Å². The SMILES string of the molecule is Cc1ccc(OCCN(C)C(=O)CC2CCCN2)cc1.Cl. The minimum Gasteiger partial charge on any atom is -0.492 e. The molecule has 2 rings (SSSR count). The van der Waals surface area contributed by atoms with Crippen LogP contribution in [0.15, 0.2) is 24.3 Å². The summed E-state index contributed by atoms with van der Waals surface area (Å²) in [5, 5.41) is 3.35. The zero-order chi connectivity index (χ0) is 14.4.